The van der Waals surface area contributed by atoms with E-state index in [9.17, 15) is 4.79 Å². The van der Waals surface area contributed by atoms with Crippen LogP contribution in [0.25, 0.3) is 0 Å². The Morgan fingerprint density at radius 2 is 2.00 bits per heavy atom. The van der Waals surface area contributed by atoms with E-state index in [-0.39, 0.29) is 18.3 Å². The molecule has 0 aromatic carbocycles. The van der Waals surface area contributed by atoms with Crippen LogP contribution < -0.4 is 10.6 Å². The van der Waals surface area contributed by atoms with Gasteiger partial charge in [0.15, 0.2) is 0 Å². The van der Waals surface area contributed by atoms with Gasteiger partial charge in [0.05, 0.1) is 6.04 Å². The first-order valence-corrected chi connectivity index (χ1v) is 5.05. The van der Waals surface area contributed by atoms with Crippen molar-refractivity contribution < 1.29 is 4.79 Å². The van der Waals surface area contributed by atoms with Gasteiger partial charge >= 0.3 is 0 Å². The average Bonchev–Trinajstić information content (AvgIpc) is 2.49. The van der Waals surface area contributed by atoms with E-state index in [1.54, 1.807) is 6.08 Å². The van der Waals surface area contributed by atoms with E-state index in [4.69, 9.17) is 0 Å². The number of hydrogen-bond donors (Lipinski definition) is 2. The highest BCUT2D eigenvalue weighted by Crippen LogP contribution is 2.23. The molecule has 0 aromatic rings. The van der Waals surface area contributed by atoms with Gasteiger partial charge in [-0.2, -0.15) is 0 Å². The average molecular weight is 217 g/mol. The number of hydrogen-bond acceptors (Lipinski definition) is 2. The van der Waals surface area contributed by atoms with Crippen molar-refractivity contribution in [1.82, 2.24) is 10.6 Å². The Balaban J connectivity index is 0.000000980. The van der Waals surface area contributed by atoms with E-state index in [0.717, 1.165) is 25.9 Å². The van der Waals surface area contributed by atoms with Crippen LogP contribution in [0.3, 0.4) is 0 Å². The Labute approximate surface area is 90.7 Å². The molecule has 2 rings (SSSR count). The molecule has 1 heterocycles. The zero-order valence-corrected chi connectivity index (χ0v) is 9.03. The summed E-state index contributed by atoms with van der Waals surface area (Å²) in [7, 11) is 0. The summed E-state index contributed by atoms with van der Waals surface area (Å²) in [6, 6.07) is 0.366. The van der Waals surface area contributed by atoms with Gasteiger partial charge in [-0.3, -0.25) is 4.79 Å². The van der Waals surface area contributed by atoms with Gasteiger partial charge in [0.2, 0.25) is 5.91 Å². The maximum absolute atomic E-state index is 11.4. The van der Waals surface area contributed by atoms with Crippen LogP contribution in [-0.2, 0) is 4.79 Å². The fourth-order valence-electron chi connectivity index (χ4n) is 1.79. The molecule has 1 saturated carbocycles. The smallest absolute Gasteiger partial charge is 0.244 e. The summed E-state index contributed by atoms with van der Waals surface area (Å²) in [6.07, 6.45) is 6.55. The van der Waals surface area contributed by atoms with E-state index in [1.165, 1.54) is 18.4 Å². The summed E-state index contributed by atoms with van der Waals surface area (Å²) in [5, 5.41) is 6.09. The third kappa shape index (κ3) is 3.00. The van der Waals surface area contributed by atoms with Crippen molar-refractivity contribution in [1.29, 1.82) is 0 Å². The maximum atomic E-state index is 11.4. The van der Waals surface area contributed by atoms with Crippen LogP contribution in [-0.4, -0.2) is 25.0 Å². The fourth-order valence-corrected chi connectivity index (χ4v) is 1.79. The number of halogens is 1. The Morgan fingerprint density at radius 3 is 2.50 bits per heavy atom. The van der Waals surface area contributed by atoms with Crippen LogP contribution in [0, 0.1) is 0 Å². The highest BCUT2D eigenvalue weighted by Gasteiger charge is 2.18. The molecule has 2 aliphatic rings. The summed E-state index contributed by atoms with van der Waals surface area (Å²) in [5.41, 5.74) is 1.32. The SMILES string of the molecule is Cl.O=C(C=C1CCCC1)NC1CNC1. The lowest BCUT2D eigenvalue weighted by molar-refractivity contribution is -0.117. The molecule has 1 saturated heterocycles. The molecule has 1 aliphatic carbocycles. The van der Waals surface area contributed by atoms with Crippen LogP contribution in [0.15, 0.2) is 11.6 Å². The second-order valence-corrected chi connectivity index (χ2v) is 3.87. The minimum absolute atomic E-state index is 0. The van der Waals surface area contributed by atoms with Crippen LogP contribution in [0.4, 0.5) is 0 Å². The summed E-state index contributed by atoms with van der Waals surface area (Å²) >= 11 is 0. The molecule has 1 aliphatic heterocycles. The molecule has 0 aromatic heterocycles. The minimum Gasteiger partial charge on any atom is -0.347 e. The van der Waals surface area contributed by atoms with Gasteiger partial charge in [0.25, 0.3) is 0 Å². The molecule has 14 heavy (non-hydrogen) atoms. The monoisotopic (exact) mass is 216 g/mol. The summed E-state index contributed by atoms with van der Waals surface area (Å²) < 4.78 is 0. The summed E-state index contributed by atoms with van der Waals surface area (Å²) in [5.74, 6) is 0.100. The normalized spacial score (nSPS) is 21.0. The van der Waals surface area contributed by atoms with E-state index in [1.807, 2.05) is 0 Å². The Hall–Kier alpha value is -0.540. The van der Waals surface area contributed by atoms with E-state index < -0.39 is 0 Å². The standard InChI is InChI=1S/C10H16N2O.ClH/c13-10(12-9-6-11-7-9)5-8-3-1-2-4-8;/h5,9,11H,1-4,6-7H2,(H,12,13);1H. The highest BCUT2D eigenvalue weighted by molar-refractivity contribution is 5.88. The lowest BCUT2D eigenvalue weighted by atomic mass is 10.1. The van der Waals surface area contributed by atoms with E-state index in [2.05, 4.69) is 10.6 Å². The first-order chi connectivity index (χ1) is 6.34. The molecule has 3 nitrogen and oxygen atoms in total. The molecule has 2 fully saturated rings. The Kier molecular flexibility index (Phi) is 4.42. The number of allylic oxidation sites excluding steroid dienone is 1. The van der Waals surface area contributed by atoms with Crippen molar-refractivity contribution in [3.63, 3.8) is 0 Å². The molecule has 2 N–H and O–H groups in total. The van der Waals surface area contributed by atoms with Crippen molar-refractivity contribution in [2.75, 3.05) is 13.1 Å². The zero-order valence-electron chi connectivity index (χ0n) is 8.21. The van der Waals surface area contributed by atoms with Gasteiger partial charge < -0.3 is 10.6 Å². The van der Waals surface area contributed by atoms with Crippen molar-refractivity contribution in [2.24, 2.45) is 0 Å². The fraction of sp³-hybridized carbons (Fsp3) is 0.700. The number of rotatable bonds is 2. The maximum Gasteiger partial charge on any atom is 0.244 e. The van der Waals surface area contributed by atoms with E-state index in [0.29, 0.717) is 6.04 Å². The van der Waals surface area contributed by atoms with Crippen LogP contribution >= 0.6 is 12.4 Å². The molecule has 0 unspecified atom stereocenters. The predicted octanol–water partition coefficient (Wildman–Crippen LogP) is 0.997. The summed E-state index contributed by atoms with van der Waals surface area (Å²) in [4.78, 5) is 11.4. The first-order valence-electron chi connectivity index (χ1n) is 5.05. The van der Waals surface area contributed by atoms with Crippen LogP contribution in [0.2, 0.25) is 0 Å². The molecule has 1 amide bonds. The number of carbonyl (C=O) groups is 1. The van der Waals surface area contributed by atoms with Gasteiger partial charge in [-0.1, -0.05) is 5.57 Å². The molecule has 4 heteroatoms. The first kappa shape index (κ1) is 11.5. The van der Waals surface area contributed by atoms with Gasteiger partial charge in [0, 0.05) is 19.2 Å². The van der Waals surface area contributed by atoms with Gasteiger partial charge in [-0.25, -0.2) is 0 Å². The highest BCUT2D eigenvalue weighted by atomic mass is 35.5. The lowest BCUT2D eigenvalue weighted by Gasteiger charge is -2.27. The number of carbonyl (C=O) groups excluding carboxylic acids is 1. The predicted molar refractivity (Wildman–Crippen MR) is 58.6 cm³/mol. The number of amides is 1. The Bertz CT molecular complexity index is 228. The van der Waals surface area contributed by atoms with Gasteiger partial charge in [-0.05, 0) is 25.7 Å². The van der Waals surface area contributed by atoms with Crippen LogP contribution in [0.5, 0.6) is 0 Å². The second-order valence-electron chi connectivity index (χ2n) is 3.87. The molecule has 0 spiro atoms. The molecule has 0 atom stereocenters. The van der Waals surface area contributed by atoms with Crippen molar-refractivity contribution in [3.05, 3.63) is 11.6 Å². The zero-order chi connectivity index (χ0) is 9.10. The van der Waals surface area contributed by atoms with Crippen molar-refractivity contribution in [3.8, 4) is 0 Å². The quantitative estimate of drug-likeness (QED) is 0.677. The second kappa shape index (κ2) is 5.37. The number of nitrogens with one attached hydrogen (secondary N) is 2. The third-order valence-corrected chi connectivity index (χ3v) is 2.71. The third-order valence-electron chi connectivity index (χ3n) is 2.71. The van der Waals surface area contributed by atoms with E-state index >= 15 is 0 Å². The van der Waals surface area contributed by atoms with Crippen molar-refractivity contribution in [2.45, 2.75) is 31.7 Å². The lowest BCUT2D eigenvalue weighted by Crippen LogP contribution is -2.56. The molecular weight excluding hydrogens is 200 g/mol. The largest absolute Gasteiger partial charge is 0.347 e. The molecular formula is C10H17ClN2O. The minimum atomic E-state index is 0. The molecule has 80 valence electrons. The van der Waals surface area contributed by atoms with Crippen LogP contribution in [0.1, 0.15) is 25.7 Å². The molecule has 0 bridgehead atoms. The summed E-state index contributed by atoms with van der Waals surface area (Å²) in [6.45, 7) is 1.85. The van der Waals surface area contributed by atoms with Crippen molar-refractivity contribution >= 4 is 18.3 Å². The Morgan fingerprint density at radius 1 is 1.36 bits per heavy atom. The van der Waals surface area contributed by atoms with Gasteiger partial charge in [-0.15, -0.1) is 12.4 Å². The van der Waals surface area contributed by atoms with Gasteiger partial charge in [0.1, 0.15) is 0 Å². The topological polar surface area (TPSA) is 41.1 Å². The molecule has 0 radical (unpaired) electrons.